The van der Waals surface area contributed by atoms with Crippen LogP contribution in [0.2, 0.25) is 0 Å². The van der Waals surface area contributed by atoms with Crippen LogP contribution in [0.4, 0.5) is 22.4 Å². The normalized spacial score (nSPS) is 25.4. The lowest BCUT2D eigenvalue weighted by Gasteiger charge is -2.32. The molecule has 6 atom stereocenters. The van der Waals surface area contributed by atoms with Crippen LogP contribution in [0.15, 0.2) is 18.2 Å². The van der Waals surface area contributed by atoms with E-state index in [1.54, 1.807) is 20.8 Å². The molecule has 6 rings (SSSR count). The van der Waals surface area contributed by atoms with Crippen LogP contribution >= 0.6 is 0 Å². The number of hydrogen-bond acceptors (Lipinski definition) is 10. The van der Waals surface area contributed by atoms with Gasteiger partial charge in [0, 0.05) is 18.4 Å². The molecule has 15 nitrogen and oxygen atoms in total. The Balaban J connectivity index is 1.36. The fraction of sp³-hybridized carbons (Fsp3) is 0.692. The van der Waals surface area contributed by atoms with E-state index < -0.39 is 123 Å². The van der Waals surface area contributed by atoms with E-state index in [2.05, 4.69) is 20.6 Å². The molecule has 3 saturated carbocycles. The van der Waals surface area contributed by atoms with Crippen LogP contribution in [0, 0.1) is 23.7 Å². The summed E-state index contributed by atoms with van der Waals surface area (Å²) in [5, 5.41) is 14.1. The number of nitrogens with zero attached hydrogens (tertiary/aromatic N) is 3. The van der Waals surface area contributed by atoms with E-state index >= 15 is 8.78 Å². The maximum absolute atomic E-state index is 16.2. The molecule has 1 saturated heterocycles. The lowest BCUT2D eigenvalue weighted by atomic mass is 9.93. The number of carbonyl (C=O) groups excluding carboxylic acids is 3. The van der Waals surface area contributed by atoms with Crippen LogP contribution in [-0.2, 0) is 30.3 Å². The lowest BCUT2D eigenvalue weighted by molar-refractivity contribution is -0.142. The molecular formula is C39H52F4N6O9S. The number of nitrogens with one attached hydrogen (secondary N) is 3. The molecule has 1 aliphatic heterocycles. The van der Waals surface area contributed by atoms with E-state index in [1.807, 2.05) is 4.72 Å². The van der Waals surface area contributed by atoms with Gasteiger partial charge >= 0.3 is 6.09 Å². The van der Waals surface area contributed by atoms with Gasteiger partial charge in [0.05, 0.1) is 35.4 Å². The molecule has 20 heteroatoms. The van der Waals surface area contributed by atoms with Gasteiger partial charge in [0.25, 0.3) is 11.8 Å². The van der Waals surface area contributed by atoms with E-state index in [0.717, 1.165) is 24.2 Å². The Morgan fingerprint density at radius 3 is 2.34 bits per heavy atom. The number of carboxylic acid groups (broad SMARTS) is 1. The number of alkyl halides is 4. The van der Waals surface area contributed by atoms with Gasteiger partial charge in [0.1, 0.15) is 29.5 Å². The van der Waals surface area contributed by atoms with E-state index in [0.29, 0.717) is 18.1 Å². The van der Waals surface area contributed by atoms with Crippen LogP contribution in [0.25, 0.3) is 11.0 Å². The summed E-state index contributed by atoms with van der Waals surface area (Å²) in [4.78, 5) is 63.9. The van der Waals surface area contributed by atoms with E-state index in [1.165, 1.54) is 32.2 Å². The highest BCUT2D eigenvalue weighted by atomic mass is 32.2. The van der Waals surface area contributed by atoms with Gasteiger partial charge in [-0.05, 0) is 63.0 Å². The summed E-state index contributed by atoms with van der Waals surface area (Å²) >= 11 is 0. The number of rotatable bonds is 19. The number of halogens is 4. The summed E-state index contributed by atoms with van der Waals surface area (Å²) in [6.45, 7) is 5.62. The van der Waals surface area contributed by atoms with Crippen molar-refractivity contribution < 1.29 is 59.7 Å². The summed E-state index contributed by atoms with van der Waals surface area (Å²) in [6.07, 6.45) is -2.89. The van der Waals surface area contributed by atoms with E-state index in [4.69, 9.17) is 9.47 Å². The summed E-state index contributed by atoms with van der Waals surface area (Å²) in [5.74, 6) is -10.1. The molecule has 4 amide bonds. The maximum Gasteiger partial charge on any atom is 0.405 e. The second-order valence-electron chi connectivity index (χ2n) is 17.0. The predicted molar refractivity (Wildman–Crippen MR) is 204 cm³/mol. The third kappa shape index (κ3) is 9.16. The van der Waals surface area contributed by atoms with Crippen molar-refractivity contribution in [3.05, 3.63) is 23.9 Å². The molecule has 0 radical (unpaired) electrons. The van der Waals surface area contributed by atoms with E-state index in [9.17, 15) is 41.5 Å². The van der Waals surface area contributed by atoms with Gasteiger partial charge in [-0.15, -0.1) is 0 Å². The lowest BCUT2D eigenvalue weighted by Crippen LogP contribution is -2.60. The standard InChI is InChI=1S/C39H52F4N6O9S/c1-6-23-27(58-33-30(39(42,43)14-8-7-9-21-10-11-21)44-25-13-12-22(57-5)17-26(25)45-33)19-49(34(51)28(20(2)3)46-36(53)54)29(23)32(50)47-38(18-24(38)31(40)41)35(52)48-59(55,56)37(4)15-16-37/h12-13,17,20-21,23-24,27-29,31,46H,6-11,14-16,18-19H2,1-5H3,(H,47,50)(H,48,52)(H,53,54)/t23-,24+,27?,28+,29+,38-/m1/s1. The third-order valence-corrected chi connectivity index (χ3v) is 14.4. The molecule has 2 heterocycles. The maximum atomic E-state index is 16.2. The van der Waals surface area contributed by atoms with Crippen molar-refractivity contribution in [2.24, 2.45) is 23.7 Å². The highest BCUT2D eigenvalue weighted by Crippen LogP contribution is 2.50. The fourth-order valence-electron chi connectivity index (χ4n) is 7.92. The largest absolute Gasteiger partial charge is 0.497 e. The first-order chi connectivity index (χ1) is 27.7. The molecule has 1 unspecified atom stereocenters. The van der Waals surface area contributed by atoms with E-state index in [-0.39, 0.29) is 36.7 Å². The minimum absolute atomic E-state index is 0.0250. The third-order valence-electron chi connectivity index (χ3n) is 12.2. The van der Waals surface area contributed by atoms with Crippen LogP contribution in [0.5, 0.6) is 11.6 Å². The Morgan fingerprint density at radius 2 is 1.78 bits per heavy atom. The van der Waals surface area contributed by atoms with Crippen molar-refractivity contribution >= 4 is 44.9 Å². The number of carbonyl (C=O) groups is 4. The van der Waals surface area contributed by atoms with Crippen molar-refractivity contribution in [2.75, 3.05) is 13.7 Å². The highest BCUT2D eigenvalue weighted by molar-refractivity contribution is 7.91. The van der Waals surface area contributed by atoms with Crippen molar-refractivity contribution in [2.45, 2.75) is 133 Å². The number of likely N-dealkylation sites (tertiary alicyclic amines) is 1. The average molecular weight is 857 g/mol. The topological polar surface area (TPSA) is 206 Å². The van der Waals surface area contributed by atoms with Crippen LogP contribution in [-0.4, -0.2) is 101 Å². The van der Waals surface area contributed by atoms with Crippen LogP contribution in [0.1, 0.15) is 97.6 Å². The minimum atomic E-state index is -4.32. The quantitative estimate of drug-likeness (QED) is 0.108. The van der Waals surface area contributed by atoms with Crippen molar-refractivity contribution in [3.8, 4) is 11.6 Å². The SMILES string of the molecule is CC[C@@H]1C(Oc2nc3cc(OC)ccc3nc2C(F)(F)CCCCC2CC2)CN(C(=O)[C@@H](NC(=O)O)C(C)C)[C@@H]1C(=O)N[C@]1(C(=O)NS(=O)(=O)C2(C)CC2)C[C@H]1C(F)F. The number of benzene rings is 1. The van der Waals surface area contributed by atoms with Gasteiger partial charge in [-0.1, -0.05) is 46.5 Å². The molecule has 326 valence electrons. The molecule has 2 aromatic rings. The zero-order chi connectivity index (χ0) is 43.2. The Labute approximate surface area is 339 Å². The predicted octanol–water partition coefficient (Wildman–Crippen LogP) is 5.12. The average Bonchev–Trinajstić information content (AvgIpc) is 4.10. The van der Waals surface area contributed by atoms with Crippen LogP contribution < -0.4 is 24.8 Å². The van der Waals surface area contributed by atoms with Gasteiger partial charge < -0.3 is 30.1 Å². The van der Waals surface area contributed by atoms with Gasteiger partial charge in [-0.25, -0.2) is 32.0 Å². The Kier molecular flexibility index (Phi) is 12.3. The second-order valence-corrected chi connectivity index (χ2v) is 19.1. The first-order valence-electron chi connectivity index (χ1n) is 20.0. The van der Waals surface area contributed by atoms with Crippen LogP contribution in [0.3, 0.4) is 0 Å². The molecule has 4 N–H and O–H groups in total. The zero-order valence-corrected chi connectivity index (χ0v) is 34.4. The van der Waals surface area contributed by atoms with Crippen molar-refractivity contribution in [1.29, 1.82) is 0 Å². The Hall–Kier alpha value is -4.49. The molecule has 0 spiro atoms. The number of amides is 4. The first-order valence-corrected chi connectivity index (χ1v) is 21.5. The number of hydrogen-bond donors (Lipinski definition) is 4. The minimum Gasteiger partial charge on any atom is -0.497 e. The smallest absolute Gasteiger partial charge is 0.405 e. The molecule has 4 fully saturated rings. The number of ether oxygens (including phenoxy) is 2. The Bertz CT molecular complexity index is 2070. The fourth-order valence-corrected chi connectivity index (χ4v) is 9.23. The van der Waals surface area contributed by atoms with Crippen molar-refractivity contribution in [3.63, 3.8) is 0 Å². The summed E-state index contributed by atoms with van der Waals surface area (Å²) in [6, 6.07) is 1.42. The molecule has 1 aromatic carbocycles. The second kappa shape index (κ2) is 16.5. The number of unbranched alkanes of at least 4 members (excludes halogenated alkanes) is 1. The zero-order valence-electron chi connectivity index (χ0n) is 33.6. The number of fused-ring (bicyclic) bond motifs is 1. The number of aromatic nitrogens is 2. The van der Waals surface area contributed by atoms with Gasteiger partial charge in [0.15, 0.2) is 5.69 Å². The molecule has 0 bridgehead atoms. The summed E-state index contributed by atoms with van der Waals surface area (Å²) in [7, 11) is -2.91. The first kappa shape index (κ1) is 44.1. The number of methoxy groups -OCH3 is 1. The summed E-state index contributed by atoms with van der Waals surface area (Å²) < 4.78 is 99.2. The Morgan fingerprint density at radius 1 is 1.08 bits per heavy atom. The molecule has 59 heavy (non-hydrogen) atoms. The highest BCUT2D eigenvalue weighted by Gasteiger charge is 2.67. The van der Waals surface area contributed by atoms with Gasteiger partial charge in [-0.3, -0.25) is 19.1 Å². The summed E-state index contributed by atoms with van der Waals surface area (Å²) in [5.41, 5.74) is -2.88. The van der Waals surface area contributed by atoms with Gasteiger partial charge in [-0.2, -0.15) is 8.78 Å². The molecule has 4 aliphatic rings. The monoisotopic (exact) mass is 856 g/mol. The number of sulfonamides is 1. The van der Waals surface area contributed by atoms with Crippen molar-refractivity contribution in [1.82, 2.24) is 30.2 Å². The molecular weight excluding hydrogens is 805 g/mol. The van der Waals surface area contributed by atoms with Gasteiger partial charge in [0.2, 0.25) is 34.1 Å². The molecule has 3 aliphatic carbocycles. The molecule has 1 aromatic heterocycles.